The van der Waals surface area contributed by atoms with Crippen molar-refractivity contribution in [2.75, 3.05) is 50.6 Å². The van der Waals surface area contributed by atoms with E-state index in [1.165, 1.54) is 0 Å². The standard InChI is InChI=1S/C24H25BrN4O3/c1-27(2)12-10-20(30)26-11-13-29-19-7-5-4-6-16(19)21(24(29)32)22-17-14-15(25)8-9-18(17)28(3)23(22)31/h4-9,14H,10-13H2,1-3H3,(H,26,30)/b22-21+. The summed E-state index contributed by atoms with van der Waals surface area (Å²) in [5, 5.41) is 2.88. The fourth-order valence-corrected chi connectivity index (χ4v) is 4.46. The molecule has 2 aromatic rings. The van der Waals surface area contributed by atoms with E-state index in [0.29, 0.717) is 37.2 Å². The highest BCUT2D eigenvalue weighted by molar-refractivity contribution is 9.10. The van der Waals surface area contributed by atoms with Gasteiger partial charge in [0.15, 0.2) is 0 Å². The van der Waals surface area contributed by atoms with E-state index in [1.807, 2.05) is 61.5 Å². The summed E-state index contributed by atoms with van der Waals surface area (Å²) in [6.07, 6.45) is 0.402. The molecule has 2 aromatic carbocycles. The largest absolute Gasteiger partial charge is 0.354 e. The van der Waals surface area contributed by atoms with E-state index in [2.05, 4.69) is 21.2 Å². The molecular formula is C24H25BrN4O3. The minimum Gasteiger partial charge on any atom is -0.354 e. The van der Waals surface area contributed by atoms with Crippen LogP contribution in [0.25, 0.3) is 11.1 Å². The maximum atomic E-state index is 13.6. The van der Waals surface area contributed by atoms with E-state index in [4.69, 9.17) is 0 Å². The molecule has 2 aliphatic heterocycles. The Morgan fingerprint density at radius 2 is 1.72 bits per heavy atom. The van der Waals surface area contributed by atoms with Crippen LogP contribution in [-0.2, 0) is 14.4 Å². The van der Waals surface area contributed by atoms with Crippen molar-refractivity contribution in [3.05, 3.63) is 58.1 Å². The fourth-order valence-electron chi connectivity index (χ4n) is 4.10. The maximum Gasteiger partial charge on any atom is 0.259 e. The van der Waals surface area contributed by atoms with E-state index in [1.54, 1.807) is 16.8 Å². The summed E-state index contributed by atoms with van der Waals surface area (Å²) in [4.78, 5) is 44.0. The first kappa shape index (κ1) is 22.2. The predicted molar refractivity (Wildman–Crippen MR) is 129 cm³/mol. The van der Waals surface area contributed by atoms with Crippen molar-refractivity contribution < 1.29 is 14.4 Å². The Kier molecular flexibility index (Phi) is 6.17. The highest BCUT2D eigenvalue weighted by Crippen LogP contribution is 2.46. The Morgan fingerprint density at radius 1 is 1.00 bits per heavy atom. The van der Waals surface area contributed by atoms with Gasteiger partial charge in [0.2, 0.25) is 5.91 Å². The normalized spacial score (nSPS) is 17.3. The summed E-state index contributed by atoms with van der Waals surface area (Å²) >= 11 is 3.48. The number of benzene rings is 2. The van der Waals surface area contributed by atoms with Gasteiger partial charge in [-0.15, -0.1) is 0 Å². The van der Waals surface area contributed by atoms with Gasteiger partial charge in [-0.25, -0.2) is 0 Å². The molecule has 166 valence electrons. The van der Waals surface area contributed by atoms with Crippen molar-refractivity contribution in [1.82, 2.24) is 10.2 Å². The molecule has 0 aliphatic carbocycles. The Morgan fingerprint density at radius 3 is 2.47 bits per heavy atom. The summed E-state index contributed by atoms with van der Waals surface area (Å²) < 4.78 is 0.841. The van der Waals surface area contributed by atoms with Crippen LogP contribution in [0.4, 0.5) is 11.4 Å². The van der Waals surface area contributed by atoms with Crippen LogP contribution in [0.5, 0.6) is 0 Å². The van der Waals surface area contributed by atoms with E-state index in [-0.39, 0.29) is 17.7 Å². The van der Waals surface area contributed by atoms with Gasteiger partial charge in [0, 0.05) is 48.7 Å². The highest BCUT2D eigenvalue weighted by atomic mass is 79.9. The van der Waals surface area contributed by atoms with Gasteiger partial charge >= 0.3 is 0 Å². The third-order valence-corrected chi connectivity index (χ3v) is 6.22. The summed E-state index contributed by atoms with van der Waals surface area (Å²) in [6, 6.07) is 13.1. The molecule has 0 atom stereocenters. The summed E-state index contributed by atoms with van der Waals surface area (Å²) in [5.41, 5.74) is 3.83. The van der Waals surface area contributed by atoms with Gasteiger partial charge in [-0.3, -0.25) is 14.4 Å². The number of hydrogen-bond acceptors (Lipinski definition) is 4. The minimum atomic E-state index is -0.224. The predicted octanol–water partition coefficient (Wildman–Crippen LogP) is 2.75. The van der Waals surface area contributed by atoms with Crippen molar-refractivity contribution in [3.63, 3.8) is 0 Å². The molecule has 8 heteroatoms. The Bertz CT molecular complexity index is 1140. The molecule has 32 heavy (non-hydrogen) atoms. The van der Waals surface area contributed by atoms with Gasteiger partial charge in [0.25, 0.3) is 11.8 Å². The van der Waals surface area contributed by atoms with Gasteiger partial charge in [0.05, 0.1) is 22.5 Å². The molecule has 0 spiro atoms. The second kappa shape index (κ2) is 8.88. The van der Waals surface area contributed by atoms with Crippen molar-refractivity contribution in [2.24, 2.45) is 0 Å². The number of halogens is 1. The fraction of sp³-hybridized carbons (Fsp3) is 0.292. The van der Waals surface area contributed by atoms with E-state index >= 15 is 0 Å². The number of fused-ring (bicyclic) bond motifs is 2. The average Bonchev–Trinajstić information content (AvgIpc) is 3.16. The van der Waals surface area contributed by atoms with Crippen molar-refractivity contribution in [3.8, 4) is 0 Å². The number of rotatable bonds is 6. The number of anilines is 2. The average molecular weight is 497 g/mol. The molecule has 0 radical (unpaired) electrons. The van der Waals surface area contributed by atoms with Crippen LogP contribution in [-0.4, -0.2) is 63.4 Å². The lowest BCUT2D eigenvalue weighted by atomic mass is 9.96. The quantitative estimate of drug-likeness (QED) is 0.624. The molecule has 7 nitrogen and oxygen atoms in total. The van der Waals surface area contributed by atoms with Crippen LogP contribution in [0.2, 0.25) is 0 Å². The molecule has 1 N–H and O–H groups in total. The van der Waals surface area contributed by atoms with Gasteiger partial charge in [-0.1, -0.05) is 34.1 Å². The number of carbonyl (C=O) groups is 3. The molecule has 0 unspecified atom stereocenters. The number of para-hydroxylation sites is 1. The van der Waals surface area contributed by atoms with Gasteiger partial charge in [0.1, 0.15) is 0 Å². The van der Waals surface area contributed by atoms with E-state index in [9.17, 15) is 14.4 Å². The maximum absolute atomic E-state index is 13.6. The summed E-state index contributed by atoms with van der Waals surface area (Å²) in [7, 11) is 5.55. The summed E-state index contributed by atoms with van der Waals surface area (Å²) in [5.74, 6) is -0.475. The lowest BCUT2D eigenvalue weighted by molar-refractivity contribution is -0.121. The minimum absolute atomic E-state index is 0.0522. The first-order valence-corrected chi connectivity index (χ1v) is 11.2. The number of hydrogen-bond donors (Lipinski definition) is 1. The number of carbonyl (C=O) groups excluding carboxylic acids is 3. The Labute approximate surface area is 195 Å². The molecule has 0 fully saturated rings. The number of amides is 3. The smallest absolute Gasteiger partial charge is 0.259 e. The zero-order valence-electron chi connectivity index (χ0n) is 18.3. The number of nitrogens with one attached hydrogen (secondary N) is 1. The number of likely N-dealkylation sites (N-methyl/N-ethyl adjacent to an activating group) is 1. The lowest BCUT2D eigenvalue weighted by Crippen LogP contribution is -2.37. The summed E-state index contributed by atoms with van der Waals surface area (Å²) in [6.45, 7) is 1.33. The monoisotopic (exact) mass is 496 g/mol. The topological polar surface area (TPSA) is 73.0 Å². The molecule has 0 bridgehead atoms. The lowest BCUT2D eigenvalue weighted by Gasteiger charge is -2.18. The zero-order valence-corrected chi connectivity index (χ0v) is 19.9. The van der Waals surface area contributed by atoms with Crippen LogP contribution in [0.1, 0.15) is 17.5 Å². The van der Waals surface area contributed by atoms with Crippen LogP contribution in [0, 0.1) is 0 Å². The molecule has 2 heterocycles. The molecule has 0 aromatic heterocycles. The van der Waals surface area contributed by atoms with Crippen LogP contribution < -0.4 is 15.1 Å². The molecule has 0 saturated carbocycles. The van der Waals surface area contributed by atoms with Gasteiger partial charge in [-0.2, -0.15) is 0 Å². The Hall–Kier alpha value is -2.97. The van der Waals surface area contributed by atoms with E-state index < -0.39 is 0 Å². The van der Waals surface area contributed by atoms with Crippen molar-refractivity contribution >= 4 is 56.2 Å². The first-order valence-electron chi connectivity index (χ1n) is 10.4. The number of nitrogens with zero attached hydrogens (tertiary/aromatic N) is 3. The molecule has 4 rings (SSSR count). The third-order valence-electron chi connectivity index (χ3n) is 5.72. The van der Waals surface area contributed by atoms with Crippen LogP contribution >= 0.6 is 15.9 Å². The van der Waals surface area contributed by atoms with E-state index in [0.717, 1.165) is 27.0 Å². The van der Waals surface area contributed by atoms with Crippen LogP contribution in [0.15, 0.2) is 46.9 Å². The molecule has 0 saturated heterocycles. The molecule has 3 amide bonds. The molecular weight excluding hydrogens is 472 g/mol. The molecule has 2 aliphatic rings. The first-order chi connectivity index (χ1) is 15.3. The van der Waals surface area contributed by atoms with Crippen molar-refractivity contribution in [2.45, 2.75) is 6.42 Å². The van der Waals surface area contributed by atoms with Crippen molar-refractivity contribution in [1.29, 1.82) is 0 Å². The second-order valence-corrected chi connectivity index (χ2v) is 9.07. The van der Waals surface area contributed by atoms with Gasteiger partial charge in [-0.05, 0) is 38.4 Å². The zero-order chi connectivity index (χ0) is 23.0. The Balaban J connectivity index is 1.65. The van der Waals surface area contributed by atoms with Gasteiger partial charge < -0.3 is 20.0 Å². The highest BCUT2D eigenvalue weighted by Gasteiger charge is 2.40. The van der Waals surface area contributed by atoms with Crippen LogP contribution in [0.3, 0.4) is 0 Å². The SMILES string of the molecule is CN(C)CCC(=O)NCCN1C(=O)/C(=C2/C(=O)N(C)c3ccc(Br)cc32)c2ccccc21. The second-order valence-electron chi connectivity index (χ2n) is 8.15. The third kappa shape index (κ3) is 3.96.